The van der Waals surface area contributed by atoms with E-state index in [1.807, 2.05) is 66.7 Å². The van der Waals surface area contributed by atoms with Crippen molar-refractivity contribution in [3.8, 4) is 0 Å². The minimum Gasteiger partial charge on any atom is -0.253 e. The summed E-state index contributed by atoms with van der Waals surface area (Å²) in [5, 5.41) is 1.77. The summed E-state index contributed by atoms with van der Waals surface area (Å²) in [6.45, 7) is 0.297. The third-order valence-corrected chi connectivity index (χ3v) is 7.19. The molecule has 130 valence electrons. The second kappa shape index (κ2) is 6.94. The standard InChI is InChI=1S/C21H17NO2S2/c23-26(24,19-12-5-2-6-13-19)22(16-17-9-3-1-4-10-17)21-15-18-11-7-8-14-20(18)25-21/h1-15H,16H2. The summed E-state index contributed by atoms with van der Waals surface area (Å²) in [7, 11) is -3.66. The molecule has 0 unspecified atom stereocenters. The van der Waals surface area contributed by atoms with Gasteiger partial charge in [0.15, 0.2) is 0 Å². The lowest BCUT2D eigenvalue weighted by Crippen LogP contribution is -2.29. The lowest BCUT2D eigenvalue weighted by atomic mass is 10.2. The number of hydrogen-bond acceptors (Lipinski definition) is 3. The van der Waals surface area contributed by atoms with Crippen molar-refractivity contribution < 1.29 is 8.42 Å². The average molecular weight is 380 g/mol. The van der Waals surface area contributed by atoms with Crippen molar-refractivity contribution in [2.24, 2.45) is 0 Å². The zero-order valence-electron chi connectivity index (χ0n) is 13.9. The van der Waals surface area contributed by atoms with Crippen molar-refractivity contribution in [1.82, 2.24) is 0 Å². The van der Waals surface area contributed by atoms with Gasteiger partial charge in [0.1, 0.15) is 5.00 Å². The van der Waals surface area contributed by atoms with Gasteiger partial charge >= 0.3 is 0 Å². The van der Waals surface area contributed by atoms with E-state index in [2.05, 4.69) is 0 Å². The van der Waals surface area contributed by atoms with Gasteiger partial charge in [0.25, 0.3) is 10.0 Å². The van der Waals surface area contributed by atoms with Crippen LogP contribution in [0.3, 0.4) is 0 Å². The molecular weight excluding hydrogens is 362 g/mol. The van der Waals surface area contributed by atoms with E-state index in [0.29, 0.717) is 11.4 Å². The van der Waals surface area contributed by atoms with Gasteiger partial charge in [0.05, 0.1) is 11.4 Å². The fourth-order valence-corrected chi connectivity index (χ4v) is 5.58. The highest BCUT2D eigenvalue weighted by Gasteiger charge is 2.26. The van der Waals surface area contributed by atoms with Crippen molar-refractivity contribution in [3.63, 3.8) is 0 Å². The molecule has 5 heteroatoms. The third kappa shape index (κ3) is 3.23. The fraction of sp³-hybridized carbons (Fsp3) is 0.0476. The smallest absolute Gasteiger partial charge is 0.253 e. The second-order valence-corrected chi connectivity index (χ2v) is 8.86. The number of benzene rings is 3. The monoisotopic (exact) mass is 379 g/mol. The van der Waals surface area contributed by atoms with Crippen molar-refractivity contribution in [1.29, 1.82) is 0 Å². The molecule has 4 rings (SSSR count). The van der Waals surface area contributed by atoms with Crippen LogP contribution in [0.5, 0.6) is 0 Å². The predicted molar refractivity (Wildman–Crippen MR) is 108 cm³/mol. The maximum absolute atomic E-state index is 13.3. The van der Waals surface area contributed by atoms with Crippen LogP contribution < -0.4 is 4.31 Å². The van der Waals surface area contributed by atoms with Crippen LogP contribution in [-0.4, -0.2) is 8.42 Å². The van der Waals surface area contributed by atoms with Crippen LogP contribution in [0.2, 0.25) is 0 Å². The van der Waals surface area contributed by atoms with E-state index in [1.165, 1.54) is 15.6 Å². The molecule has 0 saturated heterocycles. The molecule has 3 nitrogen and oxygen atoms in total. The second-order valence-electron chi connectivity index (χ2n) is 5.93. The van der Waals surface area contributed by atoms with Gasteiger partial charge in [0, 0.05) is 4.70 Å². The first-order valence-electron chi connectivity index (χ1n) is 8.25. The lowest BCUT2D eigenvalue weighted by Gasteiger charge is -2.23. The Labute approximate surface area is 157 Å². The molecule has 0 aliphatic heterocycles. The first kappa shape index (κ1) is 16.8. The van der Waals surface area contributed by atoms with Gasteiger partial charge in [-0.2, -0.15) is 0 Å². The summed E-state index contributed by atoms with van der Waals surface area (Å²) < 4.78 is 29.3. The van der Waals surface area contributed by atoms with Crippen LogP contribution in [0.1, 0.15) is 5.56 Å². The molecule has 0 spiro atoms. The summed E-state index contributed by atoms with van der Waals surface area (Å²) in [6, 6.07) is 28.2. The van der Waals surface area contributed by atoms with Gasteiger partial charge in [-0.1, -0.05) is 66.7 Å². The zero-order chi connectivity index (χ0) is 18.0. The van der Waals surface area contributed by atoms with Gasteiger partial charge in [-0.25, -0.2) is 8.42 Å². The summed E-state index contributed by atoms with van der Waals surface area (Å²) in [4.78, 5) is 0.299. The summed E-state index contributed by atoms with van der Waals surface area (Å²) >= 11 is 1.49. The van der Waals surface area contributed by atoms with Crippen molar-refractivity contribution in [2.45, 2.75) is 11.4 Å². The van der Waals surface area contributed by atoms with E-state index < -0.39 is 10.0 Å². The molecule has 4 aromatic rings. The zero-order valence-corrected chi connectivity index (χ0v) is 15.6. The molecule has 26 heavy (non-hydrogen) atoms. The largest absolute Gasteiger partial charge is 0.265 e. The van der Waals surface area contributed by atoms with E-state index in [9.17, 15) is 8.42 Å². The molecular formula is C21H17NO2S2. The number of anilines is 1. The van der Waals surface area contributed by atoms with Crippen LogP contribution in [0.15, 0.2) is 95.9 Å². The molecule has 3 aromatic carbocycles. The first-order valence-corrected chi connectivity index (χ1v) is 10.5. The molecule has 0 saturated carbocycles. The van der Waals surface area contributed by atoms with E-state index in [0.717, 1.165) is 20.7 Å². The van der Waals surface area contributed by atoms with Crippen LogP contribution in [0.25, 0.3) is 10.1 Å². The molecule has 0 atom stereocenters. The van der Waals surface area contributed by atoms with Crippen LogP contribution in [0, 0.1) is 0 Å². The molecule has 1 heterocycles. The number of hydrogen-bond donors (Lipinski definition) is 0. The van der Waals surface area contributed by atoms with E-state index >= 15 is 0 Å². The molecule has 0 radical (unpaired) electrons. The minimum absolute atomic E-state index is 0.297. The molecule has 0 N–H and O–H groups in total. The maximum Gasteiger partial charge on any atom is 0.265 e. The Morgan fingerprint density at radius 3 is 2.08 bits per heavy atom. The lowest BCUT2D eigenvalue weighted by molar-refractivity contribution is 0.591. The van der Waals surface area contributed by atoms with Crippen molar-refractivity contribution in [2.75, 3.05) is 4.31 Å². The molecule has 0 bridgehead atoms. The molecule has 0 aliphatic carbocycles. The average Bonchev–Trinajstić information content (AvgIpc) is 3.11. The van der Waals surface area contributed by atoms with Gasteiger partial charge in [-0.05, 0) is 35.2 Å². The number of rotatable bonds is 5. The highest BCUT2D eigenvalue weighted by molar-refractivity contribution is 7.93. The van der Waals surface area contributed by atoms with E-state index in [4.69, 9.17) is 0 Å². The Bertz CT molecular complexity index is 1090. The first-order chi connectivity index (χ1) is 12.6. The molecule has 1 aromatic heterocycles. The molecule has 0 fully saturated rings. The Kier molecular flexibility index (Phi) is 4.49. The van der Waals surface area contributed by atoms with Gasteiger partial charge < -0.3 is 0 Å². The quantitative estimate of drug-likeness (QED) is 0.472. The highest BCUT2D eigenvalue weighted by atomic mass is 32.2. The van der Waals surface area contributed by atoms with Gasteiger partial charge in [0.2, 0.25) is 0 Å². The molecule has 0 aliphatic rings. The highest BCUT2D eigenvalue weighted by Crippen LogP contribution is 2.36. The summed E-state index contributed by atoms with van der Waals surface area (Å²) in [6.07, 6.45) is 0. The summed E-state index contributed by atoms with van der Waals surface area (Å²) in [5.74, 6) is 0. The SMILES string of the molecule is O=S(=O)(c1ccccc1)N(Cc1ccccc1)c1cc2ccccc2s1. The number of fused-ring (bicyclic) bond motifs is 1. The Hall–Kier alpha value is -2.63. The van der Waals surface area contributed by atoms with Gasteiger partial charge in [-0.15, -0.1) is 11.3 Å². The number of sulfonamides is 1. The van der Waals surface area contributed by atoms with E-state index in [-0.39, 0.29) is 0 Å². The topological polar surface area (TPSA) is 37.4 Å². The Balaban J connectivity index is 1.84. The third-order valence-electron chi connectivity index (χ3n) is 4.16. The number of nitrogens with zero attached hydrogens (tertiary/aromatic N) is 1. The maximum atomic E-state index is 13.3. The van der Waals surface area contributed by atoms with Crippen LogP contribution >= 0.6 is 11.3 Å². The predicted octanol–water partition coefficient (Wildman–Crippen LogP) is 5.30. The van der Waals surface area contributed by atoms with Crippen LogP contribution in [-0.2, 0) is 16.6 Å². The van der Waals surface area contributed by atoms with Crippen molar-refractivity contribution >= 4 is 36.4 Å². The minimum atomic E-state index is -3.66. The fourth-order valence-electron chi connectivity index (χ4n) is 2.84. The van der Waals surface area contributed by atoms with E-state index in [1.54, 1.807) is 24.3 Å². The number of thiophene rings is 1. The Morgan fingerprint density at radius 2 is 1.38 bits per heavy atom. The normalized spacial score (nSPS) is 11.5. The molecule has 0 amide bonds. The Morgan fingerprint density at radius 1 is 0.769 bits per heavy atom. The van der Waals surface area contributed by atoms with Gasteiger partial charge in [-0.3, -0.25) is 4.31 Å². The summed E-state index contributed by atoms with van der Waals surface area (Å²) in [5.41, 5.74) is 0.949. The van der Waals surface area contributed by atoms with Crippen molar-refractivity contribution in [3.05, 3.63) is 96.6 Å². The van der Waals surface area contributed by atoms with Crippen LogP contribution in [0.4, 0.5) is 5.00 Å².